The van der Waals surface area contributed by atoms with E-state index in [0.717, 1.165) is 22.8 Å². The quantitative estimate of drug-likeness (QED) is 0.397. The van der Waals surface area contributed by atoms with Gasteiger partial charge in [0.05, 0.1) is 23.9 Å². The highest BCUT2D eigenvalue weighted by Crippen LogP contribution is 2.34. The maximum Gasteiger partial charge on any atom is 0.241 e. The number of rotatable bonds is 9. The molecule has 3 rings (SSSR count). The molecule has 1 heterocycles. The Hall–Kier alpha value is -2.47. The van der Waals surface area contributed by atoms with E-state index in [2.05, 4.69) is 49.0 Å². The molecule has 0 saturated carbocycles. The first-order chi connectivity index (χ1) is 15.3. The average molecular weight is 474 g/mol. The highest BCUT2D eigenvalue weighted by molar-refractivity contribution is 7.28. The van der Waals surface area contributed by atoms with Gasteiger partial charge in [0, 0.05) is 22.2 Å². The summed E-state index contributed by atoms with van der Waals surface area (Å²) in [5, 5.41) is 11.7. The van der Waals surface area contributed by atoms with Gasteiger partial charge in [0.25, 0.3) is 0 Å². The van der Waals surface area contributed by atoms with Gasteiger partial charge in [-0.2, -0.15) is 0 Å². The molecule has 9 heteroatoms. The van der Waals surface area contributed by atoms with E-state index in [1.54, 1.807) is 7.05 Å². The number of benzene rings is 2. The zero-order valence-electron chi connectivity index (χ0n) is 18.7. The van der Waals surface area contributed by atoms with Gasteiger partial charge in [0.1, 0.15) is 17.9 Å². The van der Waals surface area contributed by atoms with Gasteiger partial charge in [-0.3, -0.25) is 4.79 Å². The molecule has 3 aromatic rings. The lowest BCUT2D eigenvalue weighted by Crippen LogP contribution is -2.39. The molecule has 1 amide bonds. The standard InChI is InChI=1S/C23H29ClN5O2P/c1-5-31-20-11-17-15(10-18(20)29-23(30)19(25-4)8-13(2)3)22(27-12-26-17)28-14-6-7-21(32)16(24)9-14/h6-7,9-13,19,25H,5,8,32H2,1-4H3,(H,29,30)(H,26,27,28)/t19-/m1/s1. The second kappa shape index (κ2) is 10.9. The lowest BCUT2D eigenvalue weighted by atomic mass is 10.0. The van der Waals surface area contributed by atoms with Crippen molar-refractivity contribution in [3.63, 3.8) is 0 Å². The average Bonchev–Trinajstić information content (AvgIpc) is 2.75. The van der Waals surface area contributed by atoms with Gasteiger partial charge in [0.15, 0.2) is 0 Å². The monoisotopic (exact) mass is 473 g/mol. The van der Waals surface area contributed by atoms with Crippen molar-refractivity contribution in [2.45, 2.75) is 33.2 Å². The van der Waals surface area contributed by atoms with Gasteiger partial charge in [-0.25, -0.2) is 9.97 Å². The van der Waals surface area contributed by atoms with Crippen LogP contribution in [0.5, 0.6) is 5.75 Å². The van der Waals surface area contributed by atoms with E-state index in [9.17, 15) is 4.79 Å². The number of amides is 1. The first-order valence-corrected chi connectivity index (χ1v) is 11.5. The minimum absolute atomic E-state index is 0.115. The summed E-state index contributed by atoms with van der Waals surface area (Å²) in [4.78, 5) is 21.7. The number of hydrogen-bond acceptors (Lipinski definition) is 6. The highest BCUT2D eigenvalue weighted by atomic mass is 35.5. The number of nitrogens with one attached hydrogen (secondary N) is 3. The number of fused-ring (bicyclic) bond motifs is 1. The molecule has 0 aliphatic rings. The number of carbonyl (C=O) groups is 1. The fourth-order valence-corrected chi connectivity index (χ4v) is 3.71. The largest absolute Gasteiger partial charge is 0.492 e. The normalized spacial score (nSPS) is 12.1. The summed E-state index contributed by atoms with van der Waals surface area (Å²) in [7, 11) is 4.38. The number of aromatic nitrogens is 2. The third-order valence-corrected chi connectivity index (χ3v) is 5.94. The van der Waals surface area contributed by atoms with Crippen molar-refractivity contribution < 1.29 is 9.53 Å². The van der Waals surface area contributed by atoms with Crippen LogP contribution in [0.1, 0.15) is 27.2 Å². The van der Waals surface area contributed by atoms with Gasteiger partial charge in [-0.1, -0.05) is 31.5 Å². The van der Waals surface area contributed by atoms with Gasteiger partial charge >= 0.3 is 0 Å². The molecule has 0 saturated heterocycles. The number of anilines is 3. The summed E-state index contributed by atoms with van der Waals surface area (Å²) in [6, 6.07) is 9.01. The molecular formula is C23H29ClN5O2P. The molecule has 170 valence electrons. The van der Waals surface area contributed by atoms with E-state index in [1.165, 1.54) is 6.33 Å². The Bertz CT molecular complexity index is 1110. The second-order valence-electron chi connectivity index (χ2n) is 7.84. The molecule has 1 aromatic heterocycles. The van der Waals surface area contributed by atoms with Gasteiger partial charge in [-0.15, -0.1) is 9.24 Å². The Kier molecular flexibility index (Phi) is 8.24. The van der Waals surface area contributed by atoms with E-state index >= 15 is 0 Å². The zero-order valence-corrected chi connectivity index (χ0v) is 20.6. The number of nitrogens with zero attached hydrogens (tertiary/aromatic N) is 2. The summed E-state index contributed by atoms with van der Waals surface area (Å²) < 4.78 is 5.79. The smallest absolute Gasteiger partial charge is 0.241 e. The van der Waals surface area contributed by atoms with Crippen molar-refractivity contribution in [1.82, 2.24) is 15.3 Å². The van der Waals surface area contributed by atoms with Crippen LogP contribution in [-0.4, -0.2) is 35.6 Å². The molecule has 2 aromatic carbocycles. The van der Waals surface area contributed by atoms with Crippen LogP contribution in [0, 0.1) is 5.92 Å². The molecule has 0 spiro atoms. The molecule has 32 heavy (non-hydrogen) atoms. The Balaban J connectivity index is 1.99. The minimum atomic E-state index is -0.308. The van der Waals surface area contributed by atoms with Crippen LogP contribution >= 0.6 is 20.8 Å². The maximum atomic E-state index is 12.9. The van der Waals surface area contributed by atoms with Crippen LogP contribution in [0.4, 0.5) is 17.2 Å². The van der Waals surface area contributed by atoms with Gasteiger partial charge in [0.2, 0.25) is 5.91 Å². The predicted octanol–water partition coefficient (Wildman–Crippen LogP) is 4.50. The van der Waals surface area contributed by atoms with Crippen molar-refractivity contribution in [1.29, 1.82) is 0 Å². The van der Waals surface area contributed by atoms with Crippen molar-refractivity contribution in [2.75, 3.05) is 24.3 Å². The first-order valence-electron chi connectivity index (χ1n) is 10.5. The Morgan fingerprint density at radius 1 is 1.22 bits per heavy atom. The first kappa shape index (κ1) is 24.2. The minimum Gasteiger partial charge on any atom is -0.492 e. The third kappa shape index (κ3) is 5.85. The molecule has 7 nitrogen and oxygen atoms in total. The molecule has 0 bridgehead atoms. The van der Waals surface area contributed by atoms with Crippen LogP contribution in [0.3, 0.4) is 0 Å². The Labute approximate surface area is 195 Å². The summed E-state index contributed by atoms with van der Waals surface area (Å²) in [5.74, 6) is 1.43. The summed E-state index contributed by atoms with van der Waals surface area (Å²) in [6.07, 6.45) is 2.21. The van der Waals surface area contributed by atoms with Crippen LogP contribution < -0.4 is 26.0 Å². The van der Waals surface area contributed by atoms with Crippen LogP contribution in [0.2, 0.25) is 5.02 Å². The second-order valence-corrected chi connectivity index (χ2v) is 8.87. The van der Waals surface area contributed by atoms with Gasteiger partial charge < -0.3 is 20.7 Å². The summed E-state index contributed by atoms with van der Waals surface area (Å²) in [6.45, 7) is 6.54. The SMILES string of the molecule is CCOc1cc2ncnc(Nc3ccc(P)c(Cl)c3)c2cc1NC(=O)[C@@H](CC(C)C)NC. The van der Waals surface area contributed by atoms with Crippen molar-refractivity contribution in [3.05, 3.63) is 41.7 Å². The lowest BCUT2D eigenvalue weighted by molar-refractivity contribution is -0.118. The number of carbonyl (C=O) groups excluding carboxylic acids is 1. The molecule has 2 atom stereocenters. The zero-order chi connectivity index (χ0) is 23.3. The topological polar surface area (TPSA) is 88.2 Å². The van der Waals surface area contributed by atoms with E-state index in [4.69, 9.17) is 16.3 Å². The summed E-state index contributed by atoms with van der Waals surface area (Å²) in [5.41, 5.74) is 2.07. The Morgan fingerprint density at radius 2 is 2.00 bits per heavy atom. The summed E-state index contributed by atoms with van der Waals surface area (Å²) >= 11 is 6.25. The van der Waals surface area contributed by atoms with Crippen LogP contribution in [-0.2, 0) is 4.79 Å². The molecule has 3 N–H and O–H groups in total. The van der Waals surface area contributed by atoms with E-state index in [0.29, 0.717) is 40.3 Å². The van der Waals surface area contributed by atoms with Crippen LogP contribution in [0.15, 0.2) is 36.7 Å². The Morgan fingerprint density at radius 3 is 2.66 bits per heavy atom. The van der Waals surface area contributed by atoms with Crippen molar-refractivity contribution >= 4 is 60.1 Å². The fourth-order valence-electron chi connectivity index (χ4n) is 3.34. The third-order valence-electron chi connectivity index (χ3n) is 4.93. The van der Waals surface area contributed by atoms with E-state index in [-0.39, 0.29) is 11.9 Å². The highest BCUT2D eigenvalue weighted by Gasteiger charge is 2.20. The predicted molar refractivity (Wildman–Crippen MR) is 136 cm³/mol. The molecule has 0 aliphatic carbocycles. The van der Waals surface area contributed by atoms with E-state index < -0.39 is 0 Å². The van der Waals surface area contributed by atoms with Crippen molar-refractivity contribution in [3.8, 4) is 5.75 Å². The maximum absolute atomic E-state index is 12.9. The van der Waals surface area contributed by atoms with Crippen LogP contribution in [0.25, 0.3) is 10.9 Å². The fraction of sp³-hybridized carbons (Fsp3) is 0.348. The molecule has 1 unspecified atom stereocenters. The molecule has 0 radical (unpaired) electrons. The lowest BCUT2D eigenvalue weighted by Gasteiger charge is -2.20. The number of hydrogen-bond donors (Lipinski definition) is 3. The molecule has 0 aliphatic heterocycles. The van der Waals surface area contributed by atoms with E-state index in [1.807, 2.05) is 37.3 Å². The number of likely N-dealkylation sites (N-methyl/N-ethyl adjacent to an activating group) is 1. The molecular weight excluding hydrogens is 445 g/mol. The number of ether oxygens (including phenoxy) is 1. The van der Waals surface area contributed by atoms with Gasteiger partial charge in [-0.05, 0) is 49.8 Å². The molecule has 0 fully saturated rings. The number of halogens is 1. The van der Waals surface area contributed by atoms with Crippen molar-refractivity contribution in [2.24, 2.45) is 5.92 Å².